The molecular weight excluding hydrogens is 458 g/mol. The number of aryl methyl sites for hydroxylation is 1. The number of fused-ring (bicyclic) bond motifs is 3. The maximum absolute atomic E-state index is 13.4. The number of hydrogen-bond donors (Lipinski definition) is 0. The van der Waals surface area contributed by atoms with E-state index in [1.807, 2.05) is 0 Å². The fraction of sp³-hybridized carbons (Fsp3) is 0.273. The van der Waals surface area contributed by atoms with E-state index in [1.54, 1.807) is 10.6 Å². The highest BCUT2D eigenvalue weighted by Crippen LogP contribution is 2.42. The normalized spacial score (nSPS) is 13.2. The summed E-state index contributed by atoms with van der Waals surface area (Å²) in [5, 5.41) is 9.13. The van der Waals surface area contributed by atoms with E-state index in [4.69, 9.17) is 14.2 Å². The van der Waals surface area contributed by atoms with Gasteiger partial charge < -0.3 is 14.2 Å². The Morgan fingerprint density at radius 3 is 2.59 bits per heavy atom. The molecule has 0 radical (unpaired) electrons. The van der Waals surface area contributed by atoms with Crippen LogP contribution in [0.25, 0.3) is 28.2 Å². The molecule has 0 unspecified atom stereocenters. The van der Waals surface area contributed by atoms with Gasteiger partial charge in [-0.05, 0) is 30.7 Å². The number of halogens is 4. The van der Waals surface area contributed by atoms with E-state index in [1.165, 1.54) is 14.0 Å². The first kappa shape index (κ1) is 22.0. The lowest BCUT2D eigenvalue weighted by Gasteiger charge is -2.16. The van der Waals surface area contributed by atoms with Gasteiger partial charge in [0.2, 0.25) is 5.95 Å². The summed E-state index contributed by atoms with van der Waals surface area (Å²) in [5.41, 5.74) is 1.21. The summed E-state index contributed by atoms with van der Waals surface area (Å²) in [7, 11) is 1.37. The van der Waals surface area contributed by atoms with Crippen molar-refractivity contribution in [1.29, 1.82) is 0 Å². The highest BCUT2D eigenvalue weighted by molar-refractivity contribution is 5.90. The van der Waals surface area contributed by atoms with Crippen molar-refractivity contribution < 1.29 is 31.8 Å². The first-order valence-electron chi connectivity index (χ1n) is 10.1. The van der Waals surface area contributed by atoms with Gasteiger partial charge in [0.1, 0.15) is 5.75 Å². The van der Waals surface area contributed by atoms with Crippen molar-refractivity contribution in [3.63, 3.8) is 0 Å². The lowest BCUT2D eigenvalue weighted by Crippen LogP contribution is -2.09. The van der Waals surface area contributed by atoms with Gasteiger partial charge in [-0.3, -0.25) is 4.57 Å². The second kappa shape index (κ2) is 8.20. The average Bonchev–Trinajstić information content (AvgIpc) is 3.38. The van der Waals surface area contributed by atoms with Crippen LogP contribution in [0.1, 0.15) is 16.8 Å². The maximum atomic E-state index is 13.4. The molecule has 0 amide bonds. The molecule has 0 saturated heterocycles. The molecule has 0 aliphatic carbocycles. The third kappa shape index (κ3) is 3.69. The number of nitrogens with zero attached hydrogens (tertiary/aromatic N) is 5. The third-order valence-electron chi connectivity index (χ3n) is 5.37. The molecule has 0 bridgehead atoms. The van der Waals surface area contributed by atoms with E-state index in [2.05, 4.69) is 20.2 Å². The third-order valence-corrected chi connectivity index (χ3v) is 5.37. The van der Waals surface area contributed by atoms with Gasteiger partial charge >= 0.3 is 6.18 Å². The number of methoxy groups -OCH3 is 1. The topological polar surface area (TPSA) is 84.2 Å². The van der Waals surface area contributed by atoms with Crippen LogP contribution in [0.5, 0.6) is 11.5 Å². The predicted molar refractivity (Wildman–Crippen MR) is 111 cm³/mol. The SMILES string of the molecule is COCOc1cc(C(F)(F)F)cc(C)c1-c1cc2c3c(n(-c4ncc(F)cn4)c2nn1)CCO3. The van der Waals surface area contributed by atoms with Crippen molar-refractivity contribution in [3.05, 3.63) is 53.2 Å². The first-order valence-corrected chi connectivity index (χ1v) is 10.1. The molecule has 0 fully saturated rings. The van der Waals surface area contributed by atoms with Gasteiger partial charge in [0.25, 0.3) is 0 Å². The van der Waals surface area contributed by atoms with Gasteiger partial charge in [-0.25, -0.2) is 14.4 Å². The highest BCUT2D eigenvalue weighted by Gasteiger charge is 2.33. The molecule has 12 heteroatoms. The van der Waals surface area contributed by atoms with Gasteiger partial charge in [0, 0.05) is 19.1 Å². The number of hydrogen-bond acceptors (Lipinski definition) is 7. The summed E-state index contributed by atoms with van der Waals surface area (Å²) in [6.07, 6.45) is -1.92. The van der Waals surface area contributed by atoms with E-state index in [9.17, 15) is 17.6 Å². The molecule has 4 aromatic rings. The molecule has 0 saturated carbocycles. The second-order valence-corrected chi connectivity index (χ2v) is 7.59. The highest BCUT2D eigenvalue weighted by atomic mass is 19.4. The molecule has 1 aromatic carbocycles. The predicted octanol–water partition coefficient (Wildman–Crippen LogP) is 4.26. The van der Waals surface area contributed by atoms with Crippen molar-refractivity contribution in [2.75, 3.05) is 20.5 Å². The van der Waals surface area contributed by atoms with Crippen LogP contribution in [0.3, 0.4) is 0 Å². The molecule has 8 nitrogen and oxygen atoms in total. The average molecular weight is 475 g/mol. The van der Waals surface area contributed by atoms with Gasteiger partial charge in [-0.15, -0.1) is 10.2 Å². The van der Waals surface area contributed by atoms with E-state index in [0.29, 0.717) is 46.6 Å². The molecule has 0 N–H and O–H groups in total. The van der Waals surface area contributed by atoms with Crippen molar-refractivity contribution in [2.45, 2.75) is 19.5 Å². The zero-order valence-corrected chi connectivity index (χ0v) is 18.0. The molecular formula is C22H17F4N5O3. The smallest absolute Gasteiger partial charge is 0.416 e. The number of alkyl halides is 3. The van der Waals surface area contributed by atoms with Crippen LogP contribution in [0.2, 0.25) is 0 Å². The van der Waals surface area contributed by atoms with Crippen LogP contribution < -0.4 is 9.47 Å². The molecule has 4 heterocycles. The Morgan fingerprint density at radius 2 is 1.88 bits per heavy atom. The quantitative estimate of drug-likeness (QED) is 0.315. The van der Waals surface area contributed by atoms with Crippen LogP contribution in [-0.4, -0.2) is 45.2 Å². The number of benzene rings is 1. The summed E-state index contributed by atoms with van der Waals surface area (Å²) in [6, 6.07) is 3.60. The summed E-state index contributed by atoms with van der Waals surface area (Å²) >= 11 is 0. The Hall–Kier alpha value is -3.80. The Morgan fingerprint density at radius 1 is 1.12 bits per heavy atom. The molecule has 34 heavy (non-hydrogen) atoms. The minimum atomic E-state index is -4.55. The lowest BCUT2D eigenvalue weighted by molar-refractivity contribution is -0.137. The molecule has 1 aliphatic rings. The van der Waals surface area contributed by atoms with E-state index in [-0.39, 0.29) is 18.5 Å². The number of aromatic nitrogens is 5. The first-order chi connectivity index (χ1) is 16.3. The Bertz CT molecular complexity index is 1390. The fourth-order valence-corrected chi connectivity index (χ4v) is 3.98. The Labute approximate surface area is 190 Å². The minimum absolute atomic E-state index is 0.0401. The number of ether oxygens (including phenoxy) is 3. The van der Waals surface area contributed by atoms with Gasteiger partial charge in [-0.1, -0.05) is 0 Å². The number of rotatable bonds is 5. The largest absolute Gasteiger partial charge is 0.491 e. The summed E-state index contributed by atoms with van der Waals surface area (Å²) in [4.78, 5) is 8.07. The molecule has 3 aromatic heterocycles. The van der Waals surface area contributed by atoms with Crippen LogP contribution in [0.4, 0.5) is 17.6 Å². The van der Waals surface area contributed by atoms with Crippen molar-refractivity contribution in [2.24, 2.45) is 0 Å². The lowest BCUT2D eigenvalue weighted by atomic mass is 10.00. The van der Waals surface area contributed by atoms with E-state index >= 15 is 0 Å². The zero-order valence-electron chi connectivity index (χ0n) is 18.0. The molecule has 0 spiro atoms. The van der Waals surface area contributed by atoms with Crippen molar-refractivity contribution >= 4 is 11.0 Å². The summed E-state index contributed by atoms with van der Waals surface area (Å²) in [6.45, 7) is 1.70. The van der Waals surface area contributed by atoms with Crippen LogP contribution in [0.15, 0.2) is 30.6 Å². The summed E-state index contributed by atoms with van der Waals surface area (Å²) in [5.74, 6) is 0.127. The molecule has 176 valence electrons. The van der Waals surface area contributed by atoms with Crippen LogP contribution >= 0.6 is 0 Å². The molecule has 5 rings (SSSR count). The monoisotopic (exact) mass is 475 g/mol. The Kier molecular flexibility index (Phi) is 5.31. The van der Waals surface area contributed by atoms with Gasteiger partial charge in [-0.2, -0.15) is 13.2 Å². The van der Waals surface area contributed by atoms with Crippen LogP contribution in [0, 0.1) is 12.7 Å². The molecule has 0 atom stereocenters. The van der Waals surface area contributed by atoms with Crippen molar-refractivity contribution in [3.8, 4) is 28.7 Å². The van der Waals surface area contributed by atoms with Crippen LogP contribution in [-0.2, 0) is 17.3 Å². The van der Waals surface area contributed by atoms with Gasteiger partial charge in [0.05, 0.1) is 41.3 Å². The van der Waals surface area contributed by atoms with E-state index in [0.717, 1.165) is 30.2 Å². The van der Waals surface area contributed by atoms with Gasteiger partial charge in [0.15, 0.2) is 24.0 Å². The fourth-order valence-electron chi connectivity index (χ4n) is 3.98. The standard InChI is InChI=1S/C22H17F4N5O3/c1-11-5-12(22(24,25)26)6-17(34-10-32-2)18(11)15-7-14-19-16(3-4-33-19)31(20(14)30-29-15)21-27-8-13(23)9-28-21/h5-9H,3-4,10H2,1-2H3. The van der Waals surface area contributed by atoms with E-state index < -0.39 is 17.6 Å². The van der Waals surface area contributed by atoms with Crippen molar-refractivity contribution in [1.82, 2.24) is 24.7 Å². The molecule has 1 aliphatic heterocycles. The zero-order chi connectivity index (χ0) is 24.0. The summed E-state index contributed by atoms with van der Waals surface area (Å²) < 4.78 is 71.3. The minimum Gasteiger partial charge on any atom is -0.491 e. The second-order valence-electron chi connectivity index (χ2n) is 7.59. The Balaban J connectivity index is 1.70. The maximum Gasteiger partial charge on any atom is 0.416 e.